The van der Waals surface area contributed by atoms with Gasteiger partial charge in [0, 0.05) is 45.6 Å². The zero-order chi connectivity index (χ0) is 34.1. The number of carboxylic acids is 1. The van der Waals surface area contributed by atoms with Gasteiger partial charge in [0.05, 0.1) is 40.1 Å². The highest BCUT2D eigenvalue weighted by Gasteiger charge is 2.40. The van der Waals surface area contributed by atoms with E-state index >= 15 is 0 Å². The van der Waals surface area contributed by atoms with Crippen molar-refractivity contribution in [2.24, 2.45) is 0 Å². The molecule has 0 aliphatic carbocycles. The lowest BCUT2D eigenvalue weighted by Gasteiger charge is -2.36. The van der Waals surface area contributed by atoms with Crippen LogP contribution >= 0.6 is 23.2 Å². The minimum atomic E-state index is -0.996. The van der Waals surface area contributed by atoms with Crippen LogP contribution in [0.4, 0.5) is 5.69 Å². The molecule has 10 heteroatoms. The number of carboxylic acid groups (broad SMARTS) is 1. The summed E-state index contributed by atoms with van der Waals surface area (Å²) in [5.74, 6) is -0.342. The molecule has 0 spiro atoms. The first-order chi connectivity index (χ1) is 23.6. The number of aryl methyl sites for hydroxylation is 4. The fourth-order valence-electron chi connectivity index (χ4n) is 7.69. The van der Waals surface area contributed by atoms with Crippen LogP contribution in [0.5, 0.6) is 5.75 Å². The van der Waals surface area contributed by atoms with Crippen LogP contribution in [0.2, 0.25) is 10.0 Å². The Kier molecular flexibility index (Phi) is 7.61. The van der Waals surface area contributed by atoms with E-state index in [9.17, 15) is 14.7 Å². The summed E-state index contributed by atoms with van der Waals surface area (Å²) in [5.41, 5.74) is 8.88. The topological polar surface area (TPSA) is 97.6 Å². The molecule has 8 nitrogen and oxygen atoms in total. The maximum absolute atomic E-state index is 14.9. The number of nitrogens with zero attached hydrogens (tertiary/aromatic N) is 4. The van der Waals surface area contributed by atoms with Gasteiger partial charge in [-0.15, -0.1) is 0 Å². The molecule has 0 saturated carbocycles. The maximum atomic E-state index is 14.9. The third-order valence-electron chi connectivity index (χ3n) is 9.87. The molecule has 6 aromatic rings. The van der Waals surface area contributed by atoms with Gasteiger partial charge in [-0.05, 0) is 92.1 Å². The van der Waals surface area contributed by atoms with E-state index in [0.29, 0.717) is 43.1 Å². The number of benzene rings is 4. The van der Waals surface area contributed by atoms with Gasteiger partial charge in [-0.2, -0.15) is 0 Å². The number of hydrogen-bond donors (Lipinski definition) is 1. The second kappa shape index (κ2) is 11.9. The average molecular weight is 692 g/mol. The predicted octanol–water partition coefficient (Wildman–Crippen LogP) is 8.95. The number of rotatable bonds is 7. The molecule has 1 atom stereocenters. The SMILES string of the molecule is Cc1cc(OCCCc2c3n4c5c(c(Cl)ccc25)-c2c(C)ncnc2C[C@@H]4CN(c2cccc4cc(C(=O)O)ccc24)C3=O)cc(C)c1Cl. The summed E-state index contributed by atoms with van der Waals surface area (Å²) in [6.45, 7) is 6.77. The summed E-state index contributed by atoms with van der Waals surface area (Å²) in [4.78, 5) is 37.8. The molecule has 4 heterocycles. The van der Waals surface area contributed by atoms with Crippen LogP contribution in [0, 0.1) is 20.8 Å². The molecule has 0 radical (unpaired) electrons. The van der Waals surface area contributed by atoms with Gasteiger partial charge in [-0.25, -0.2) is 14.8 Å². The lowest BCUT2D eigenvalue weighted by molar-refractivity contribution is 0.0696. The van der Waals surface area contributed by atoms with Crippen molar-refractivity contribution in [1.82, 2.24) is 14.5 Å². The maximum Gasteiger partial charge on any atom is 0.335 e. The molecule has 2 aliphatic heterocycles. The number of halogens is 2. The summed E-state index contributed by atoms with van der Waals surface area (Å²) in [7, 11) is 0. The van der Waals surface area contributed by atoms with Crippen molar-refractivity contribution in [1.29, 1.82) is 0 Å². The molecule has 0 unspecified atom stereocenters. The number of hydrogen-bond acceptors (Lipinski definition) is 5. The van der Waals surface area contributed by atoms with Crippen molar-refractivity contribution >= 4 is 62.4 Å². The predicted molar refractivity (Wildman–Crippen MR) is 193 cm³/mol. The number of fused-ring (bicyclic) bond motifs is 3. The van der Waals surface area contributed by atoms with Crippen molar-refractivity contribution in [2.45, 2.75) is 46.1 Å². The number of aromatic carboxylic acids is 1. The van der Waals surface area contributed by atoms with Crippen LogP contribution in [-0.4, -0.2) is 44.7 Å². The summed E-state index contributed by atoms with van der Waals surface area (Å²) in [5, 5.41) is 13.5. The summed E-state index contributed by atoms with van der Waals surface area (Å²) in [6.07, 6.45) is 3.45. The number of aromatic nitrogens is 3. The Labute approximate surface area is 292 Å². The van der Waals surface area contributed by atoms with Crippen LogP contribution in [0.15, 0.2) is 67.0 Å². The second-order valence-corrected chi connectivity index (χ2v) is 13.7. The molecular weight excluding hydrogens is 659 g/mol. The first-order valence-corrected chi connectivity index (χ1v) is 17.0. The molecule has 2 aromatic heterocycles. The van der Waals surface area contributed by atoms with E-state index < -0.39 is 5.97 Å². The molecule has 2 aliphatic rings. The van der Waals surface area contributed by atoms with E-state index in [4.69, 9.17) is 32.9 Å². The first-order valence-electron chi connectivity index (χ1n) is 16.3. The van der Waals surface area contributed by atoms with Crippen LogP contribution < -0.4 is 9.64 Å². The van der Waals surface area contributed by atoms with Crippen LogP contribution in [0.25, 0.3) is 32.8 Å². The molecule has 8 rings (SSSR count). The monoisotopic (exact) mass is 690 g/mol. The Bertz CT molecular complexity index is 2360. The van der Waals surface area contributed by atoms with Crippen molar-refractivity contribution in [3.05, 3.63) is 116 Å². The fourth-order valence-corrected chi connectivity index (χ4v) is 8.05. The molecule has 4 aromatic carbocycles. The Morgan fingerprint density at radius 3 is 2.53 bits per heavy atom. The minimum absolute atomic E-state index is 0.113. The van der Waals surface area contributed by atoms with E-state index in [1.807, 2.05) is 68.1 Å². The molecule has 1 N–H and O–H groups in total. The number of anilines is 1. The summed E-state index contributed by atoms with van der Waals surface area (Å²) >= 11 is 13.4. The minimum Gasteiger partial charge on any atom is -0.494 e. The summed E-state index contributed by atoms with van der Waals surface area (Å²) < 4.78 is 8.39. The molecule has 0 saturated heterocycles. The van der Waals surface area contributed by atoms with Crippen molar-refractivity contribution < 1.29 is 19.4 Å². The lowest BCUT2D eigenvalue weighted by Crippen LogP contribution is -2.44. The van der Waals surface area contributed by atoms with E-state index in [2.05, 4.69) is 9.55 Å². The lowest BCUT2D eigenvalue weighted by atomic mass is 9.95. The van der Waals surface area contributed by atoms with Gasteiger partial charge in [0.25, 0.3) is 5.91 Å². The molecular formula is C39H32Cl2N4O4. The van der Waals surface area contributed by atoms with Crippen molar-refractivity contribution in [2.75, 3.05) is 18.1 Å². The van der Waals surface area contributed by atoms with Gasteiger partial charge < -0.3 is 19.3 Å². The molecule has 1 amide bonds. The average Bonchev–Trinajstić information content (AvgIpc) is 3.32. The van der Waals surface area contributed by atoms with Gasteiger partial charge in [0.15, 0.2) is 0 Å². The van der Waals surface area contributed by atoms with Gasteiger partial charge in [0.1, 0.15) is 17.8 Å². The van der Waals surface area contributed by atoms with Gasteiger partial charge in [0.2, 0.25) is 0 Å². The number of carbonyl (C=O) groups is 2. The molecule has 0 fully saturated rings. The standard InChI is InChI=1S/C39H32Cl2N4O4/c1-20-14-26(15-21(2)35(20)41)49-13-5-7-28-29-11-12-30(40)34-33-22(3)42-19-43-31(33)17-25-18-44(38(46)37(28)45(25)36(29)34)32-8-4-6-23-16-24(39(47)48)9-10-27(23)32/h4,6,8-12,14-16,19,25H,5,7,13,17-18H2,1-3H3,(H,47,48)/t25-/m1/s1. The van der Waals surface area contributed by atoms with E-state index in [1.54, 1.807) is 24.5 Å². The van der Waals surface area contributed by atoms with Crippen molar-refractivity contribution in [3.8, 4) is 16.9 Å². The van der Waals surface area contributed by atoms with Crippen LogP contribution in [0.1, 0.15) is 61.4 Å². The third kappa shape index (κ3) is 5.04. The normalized spacial score (nSPS) is 15.1. The van der Waals surface area contributed by atoms with Gasteiger partial charge in [-0.3, -0.25) is 4.79 Å². The van der Waals surface area contributed by atoms with E-state index in [-0.39, 0.29) is 17.5 Å². The van der Waals surface area contributed by atoms with Crippen LogP contribution in [0.3, 0.4) is 0 Å². The van der Waals surface area contributed by atoms with E-state index in [1.165, 1.54) is 0 Å². The highest BCUT2D eigenvalue weighted by molar-refractivity contribution is 6.35. The zero-order valence-electron chi connectivity index (χ0n) is 27.2. The smallest absolute Gasteiger partial charge is 0.335 e. The fraction of sp³-hybridized carbons (Fsp3) is 0.231. The molecule has 0 bridgehead atoms. The molecule has 49 heavy (non-hydrogen) atoms. The third-order valence-corrected chi connectivity index (χ3v) is 10.8. The Morgan fingerprint density at radius 2 is 1.76 bits per heavy atom. The second-order valence-electron chi connectivity index (χ2n) is 12.9. The highest BCUT2D eigenvalue weighted by atomic mass is 35.5. The largest absolute Gasteiger partial charge is 0.494 e. The summed E-state index contributed by atoms with van der Waals surface area (Å²) in [6, 6.07) is 18.4. The Balaban J connectivity index is 1.27. The first kappa shape index (κ1) is 31.4. The van der Waals surface area contributed by atoms with Gasteiger partial charge in [-0.1, -0.05) is 47.5 Å². The van der Waals surface area contributed by atoms with Crippen molar-refractivity contribution in [3.63, 3.8) is 0 Å². The number of carbonyl (C=O) groups excluding carboxylic acids is 1. The Morgan fingerprint density at radius 1 is 0.980 bits per heavy atom. The highest BCUT2D eigenvalue weighted by Crippen LogP contribution is 2.48. The molecule has 246 valence electrons. The van der Waals surface area contributed by atoms with E-state index in [0.717, 1.165) is 77.3 Å². The zero-order valence-corrected chi connectivity index (χ0v) is 28.7. The quantitative estimate of drug-likeness (QED) is 0.168. The number of amides is 1. The number of ether oxygens (including phenoxy) is 1. The van der Waals surface area contributed by atoms with Gasteiger partial charge >= 0.3 is 5.97 Å². The Hall–Kier alpha value is -4.92. The van der Waals surface area contributed by atoms with Crippen LogP contribution in [-0.2, 0) is 12.8 Å².